The molecule has 65 heavy (non-hydrogen) atoms. The van der Waals surface area contributed by atoms with Crippen LogP contribution >= 0.6 is 7.82 Å². The van der Waals surface area contributed by atoms with Crippen molar-refractivity contribution in [3.63, 3.8) is 0 Å². The highest BCUT2D eigenvalue weighted by Gasteiger charge is 2.28. The molecule has 0 aliphatic carbocycles. The van der Waals surface area contributed by atoms with Crippen LogP contribution < -0.4 is 5.32 Å². The maximum Gasteiger partial charge on any atom is 0.472 e. The minimum Gasteiger partial charge on any atom is -0.391 e. The standard InChI is InChI=1S/C56H103N2O6P/c1-6-8-10-12-14-16-18-20-21-22-23-24-25-26-27-28-29-30-31-32-33-34-35-36-37-38-40-42-44-46-48-50-56(60)57-54(53-64-65(61,62)63-52-51-58(3,4)5)55(59)49-47-45-43-41-39-19-17-15-13-11-9-7-2/h8,10,14,16,20-21,23-24,26-27,29-30,54-55,59H,6-7,9,11-13,15,17-19,22,25,28,31-53H2,1-5H3,(H-,57,60,61,62)/p+1/b10-8-,16-14-,21-20-,24-23-,27-26-,30-29-. The molecule has 0 aromatic heterocycles. The molecule has 0 aliphatic rings. The first-order chi connectivity index (χ1) is 31.5. The summed E-state index contributed by atoms with van der Waals surface area (Å²) in [6, 6.07) is -0.764. The Kier molecular flexibility index (Phi) is 45.5. The van der Waals surface area contributed by atoms with Crippen LogP contribution in [0.3, 0.4) is 0 Å². The van der Waals surface area contributed by atoms with E-state index in [1.54, 1.807) is 0 Å². The van der Waals surface area contributed by atoms with Crippen LogP contribution in [-0.4, -0.2) is 73.4 Å². The highest BCUT2D eigenvalue weighted by molar-refractivity contribution is 7.47. The summed E-state index contributed by atoms with van der Waals surface area (Å²) in [5.41, 5.74) is 0. The van der Waals surface area contributed by atoms with Crippen molar-refractivity contribution in [2.45, 2.75) is 238 Å². The number of nitrogens with zero attached hydrogens (tertiary/aromatic N) is 1. The minimum atomic E-state index is -4.32. The van der Waals surface area contributed by atoms with Crippen molar-refractivity contribution < 1.29 is 32.9 Å². The van der Waals surface area contributed by atoms with Gasteiger partial charge in [0.15, 0.2) is 0 Å². The van der Waals surface area contributed by atoms with Crippen LogP contribution in [0.15, 0.2) is 72.9 Å². The fraction of sp³-hybridized carbons (Fsp3) is 0.768. The van der Waals surface area contributed by atoms with Crippen LogP contribution in [0.25, 0.3) is 0 Å². The molecule has 0 fully saturated rings. The molecule has 0 saturated carbocycles. The number of allylic oxidation sites excluding steroid dienone is 12. The van der Waals surface area contributed by atoms with Crippen LogP contribution in [0.4, 0.5) is 0 Å². The fourth-order valence-corrected chi connectivity index (χ4v) is 8.26. The number of carbonyl (C=O) groups is 1. The number of quaternary nitrogens is 1. The van der Waals surface area contributed by atoms with Crippen molar-refractivity contribution >= 4 is 13.7 Å². The van der Waals surface area contributed by atoms with Gasteiger partial charge in [-0.3, -0.25) is 13.8 Å². The quantitative estimate of drug-likeness (QED) is 0.0243. The Bertz CT molecular complexity index is 1290. The molecule has 8 nitrogen and oxygen atoms in total. The Hall–Kier alpha value is -2.06. The third-order valence-electron chi connectivity index (χ3n) is 11.7. The molecule has 0 heterocycles. The maximum absolute atomic E-state index is 12.9. The van der Waals surface area contributed by atoms with Gasteiger partial charge in [-0.2, -0.15) is 0 Å². The van der Waals surface area contributed by atoms with Crippen molar-refractivity contribution in [2.75, 3.05) is 40.9 Å². The van der Waals surface area contributed by atoms with Gasteiger partial charge in [-0.15, -0.1) is 0 Å². The van der Waals surface area contributed by atoms with Gasteiger partial charge in [0, 0.05) is 6.42 Å². The van der Waals surface area contributed by atoms with Gasteiger partial charge >= 0.3 is 7.82 Å². The normalized spacial score (nSPS) is 14.6. The molecule has 0 rings (SSSR count). The molecular weight excluding hydrogens is 828 g/mol. The predicted octanol–water partition coefficient (Wildman–Crippen LogP) is 15.9. The van der Waals surface area contributed by atoms with Crippen molar-refractivity contribution in [1.82, 2.24) is 5.32 Å². The van der Waals surface area contributed by atoms with E-state index >= 15 is 0 Å². The molecule has 0 aromatic rings. The van der Waals surface area contributed by atoms with E-state index in [2.05, 4.69) is 92.1 Å². The van der Waals surface area contributed by atoms with E-state index in [1.807, 2.05) is 21.1 Å². The zero-order chi connectivity index (χ0) is 47.8. The van der Waals surface area contributed by atoms with E-state index in [0.717, 1.165) is 77.0 Å². The first-order valence-corrected chi connectivity index (χ1v) is 28.3. The molecule has 0 spiro atoms. The summed E-state index contributed by atoms with van der Waals surface area (Å²) < 4.78 is 23.7. The number of hydrogen-bond acceptors (Lipinski definition) is 5. The number of carbonyl (C=O) groups excluding carboxylic acids is 1. The van der Waals surface area contributed by atoms with Crippen LogP contribution in [0.2, 0.25) is 0 Å². The van der Waals surface area contributed by atoms with Gasteiger partial charge < -0.3 is 19.8 Å². The average molecular weight is 932 g/mol. The number of unbranched alkanes of at least 4 members (excludes halogenated alkanes) is 23. The molecule has 0 saturated heterocycles. The van der Waals surface area contributed by atoms with E-state index in [-0.39, 0.29) is 19.1 Å². The first-order valence-electron chi connectivity index (χ1n) is 26.8. The molecule has 378 valence electrons. The van der Waals surface area contributed by atoms with Crippen LogP contribution in [0, 0.1) is 0 Å². The van der Waals surface area contributed by atoms with Gasteiger partial charge in [0.2, 0.25) is 5.91 Å². The van der Waals surface area contributed by atoms with Crippen LogP contribution in [0.5, 0.6) is 0 Å². The molecule has 3 N–H and O–H groups in total. The molecule has 0 bridgehead atoms. The summed E-state index contributed by atoms with van der Waals surface area (Å²) >= 11 is 0. The lowest BCUT2D eigenvalue weighted by atomic mass is 10.0. The Balaban J connectivity index is 4.10. The largest absolute Gasteiger partial charge is 0.472 e. The molecule has 3 unspecified atom stereocenters. The molecule has 0 radical (unpaired) electrons. The van der Waals surface area contributed by atoms with E-state index < -0.39 is 20.0 Å². The smallest absolute Gasteiger partial charge is 0.391 e. The van der Waals surface area contributed by atoms with Gasteiger partial charge in [-0.1, -0.05) is 228 Å². The lowest BCUT2D eigenvalue weighted by Gasteiger charge is -2.26. The highest BCUT2D eigenvalue weighted by atomic mass is 31.2. The van der Waals surface area contributed by atoms with Gasteiger partial charge in [0.1, 0.15) is 13.2 Å². The van der Waals surface area contributed by atoms with E-state index in [1.165, 1.54) is 122 Å². The van der Waals surface area contributed by atoms with Crippen molar-refractivity contribution in [2.24, 2.45) is 0 Å². The highest BCUT2D eigenvalue weighted by Crippen LogP contribution is 2.43. The number of phosphoric ester groups is 1. The maximum atomic E-state index is 12.9. The lowest BCUT2D eigenvalue weighted by Crippen LogP contribution is -2.46. The first kappa shape index (κ1) is 62.9. The molecule has 9 heteroatoms. The minimum absolute atomic E-state index is 0.0720. The van der Waals surface area contributed by atoms with Crippen molar-refractivity contribution in [1.29, 1.82) is 0 Å². The van der Waals surface area contributed by atoms with Gasteiger partial charge in [0.05, 0.1) is 39.9 Å². The van der Waals surface area contributed by atoms with Crippen LogP contribution in [-0.2, 0) is 18.4 Å². The number of amides is 1. The van der Waals surface area contributed by atoms with Gasteiger partial charge in [-0.05, 0) is 64.2 Å². The molecule has 0 aromatic carbocycles. The second-order valence-corrected chi connectivity index (χ2v) is 20.7. The summed E-state index contributed by atoms with van der Waals surface area (Å²) in [6.07, 6.45) is 63.8. The molecular formula is C56H104N2O6P+. The third kappa shape index (κ3) is 49.7. The summed E-state index contributed by atoms with van der Waals surface area (Å²) in [6.45, 7) is 4.76. The molecule has 3 atom stereocenters. The van der Waals surface area contributed by atoms with E-state index in [9.17, 15) is 19.4 Å². The Morgan fingerprint density at radius 3 is 1.35 bits per heavy atom. The molecule has 0 aliphatic heterocycles. The van der Waals surface area contributed by atoms with E-state index in [4.69, 9.17) is 9.05 Å². The third-order valence-corrected chi connectivity index (χ3v) is 12.7. The second kappa shape index (κ2) is 47.0. The zero-order valence-corrected chi connectivity index (χ0v) is 43.9. The zero-order valence-electron chi connectivity index (χ0n) is 43.0. The summed E-state index contributed by atoms with van der Waals surface area (Å²) in [5, 5.41) is 14.0. The Morgan fingerprint density at radius 2 is 0.923 bits per heavy atom. The number of phosphoric acid groups is 1. The number of aliphatic hydroxyl groups is 1. The van der Waals surface area contributed by atoms with Crippen LogP contribution in [0.1, 0.15) is 226 Å². The predicted molar refractivity (Wildman–Crippen MR) is 281 cm³/mol. The van der Waals surface area contributed by atoms with Gasteiger partial charge in [0.25, 0.3) is 0 Å². The monoisotopic (exact) mass is 932 g/mol. The second-order valence-electron chi connectivity index (χ2n) is 19.2. The van der Waals surface area contributed by atoms with E-state index in [0.29, 0.717) is 23.9 Å². The summed E-state index contributed by atoms with van der Waals surface area (Å²) in [7, 11) is 1.61. The van der Waals surface area contributed by atoms with Crippen molar-refractivity contribution in [3.8, 4) is 0 Å². The van der Waals surface area contributed by atoms with Crippen molar-refractivity contribution in [3.05, 3.63) is 72.9 Å². The lowest BCUT2D eigenvalue weighted by molar-refractivity contribution is -0.870. The number of hydrogen-bond donors (Lipinski definition) is 3. The number of rotatable bonds is 48. The Labute approximate surface area is 402 Å². The topological polar surface area (TPSA) is 105 Å². The SMILES string of the molecule is CC/C=C\C/C=C\C/C=C\C/C=C\C/C=C\C/C=C\CCCCCCCCCCCCCCC(=O)NC(COP(=O)(O)OCC[N+](C)(C)C)C(O)CCCCCCCCCCCCCC. The Morgan fingerprint density at radius 1 is 0.538 bits per heavy atom. The number of aliphatic hydroxyl groups excluding tert-OH is 1. The number of nitrogens with one attached hydrogen (secondary N) is 1. The summed E-state index contributed by atoms with van der Waals surface area (Å²) in [4.78, 5) is 23.2. The fourth-order valence-electron chi connectivity index (χ4n) is 7.52. The summed E-state index contributed by atoms with van der Waals surface area (Å²) in [5.74, 6) is -0.150. The number of likely N-dealkylation sites (N-methyl/N-ethyl adjacent to an activating group) is 1. The molecule has 1 amide bonds. The average Bonchev–Trinajstić information content (AvgIpc) is 3.26. The van der Waals surface area contributed by atoms with Gasteiger partial charge in [-0.25, -0.2) is 4.57 Å².